The number of carbonyl (C=O) groups excluding carboxylic acids is 1. The Morgan fingerprint density at radius 1 is 0.833 bits per heavy atom. The molecule has 6 aliphatic rings. The summed E-state index contributed by atoms with van der Waals surface area (Å²) in [4.78, 5) is 32.2. The number of urea groups is 1. The lowest BCUT2D eigenvalue weighted by atomic mass is 9.48. The summed E-state index contributed by atoms with van der Waals surface area (Å²) in [5.74, 6) is 0.292. The predicted molar refractivity (Wildman–Crippen MR) is 162 cm³/mol. The van der Waals surface area contributed by atoms with Gasteiger partial charge in [0.25, 0.3) is 0 Å². The van der Waals surface area contributed by atoms with Crippen LogP contribution in [0.25, 0.3) is 0 Å². The lowest BCUT2D eigenvalue weighted by molar-refractivity contribution is -0.166. The van der Waals surface area contributed by atoms with Crippen LogP contribution in [0.1, 0.15) is 32.1 Å². The first kappa shape index (κ1) is 27.5. The summed E-state index contributed by atoms with van der Waals surface area (Å²) in [7, 11) is -3.16. The molecule has 10 nitrogen and oxygen atoms in total. The van der Waals surface area contributed by atoms with Crippen molar-refractivity contribution in [1.29, 1.82) is 0 Å². The topological polar surface area (TPSA) is 114 Å². The van der Waals surface area contributed by atoms with Gasteiger partial charge in [0.05, 0.1) is 23.0 Å². The van der Waals surface area contributed by atoms with Gasteiger partial charge in [-0.2, -0.15) is 4.31 Å². The van der Waals surface area contributed by atoms with Gasteiger partial charge in [-0.1, -0.05) is 12.1 Å². The van der Waals surface area contributed by atoms with Gasteiger partial charge < -0.3 is 20.2 Å². The summed E-state index contributed by atoms with van der Waals surface area (Å²) in [6.07, 6.45) is 5.45. The Morgan fingerprint density at radius 2 is 1.45 bits per heavy atom. The summed E-state index contributed by atoms with van der Waals surface area (Å²) in [5, 5.41) is 13.3. The number of piperazine rings is 1. The largest absolute Gasteiger partial charge is 0.481 e. The molecule has 2 amide bonds. The Kier molecular flexibility index (Phi) is 6.65. The van der Waals surface area contributed by atoms with Crippen molar-refractivity contribution in [3.05, 3.63) is 48.5 Å². The molecule has 4 aliphatic carbocycles. The Labute approximate surface area is 247 Å². The highest BCUT2D eigenvalue weighted by molar-refractivity contribution is 7.88. The number of hydrogen-bond acceptors (Lipinski definition) is 6. The summed E-state index contributed by atoms with van der Waals surface area (Å²) >= 11 is 0. The van der Waals surface area contributed by atoms with E-state index in [1.165, 1.54) is 10.6 Å². The normalized spacial score (nSPS) is 30.7. The molecule has 4 bridgehead atoms. The van der Waals surface area contributed by atoms with Gasteiger partial charge in [0.1, 0.15) is 0 Å². The molecular formula is C31H39N5O5S. The number of aliphatic carboxylic acids is 1. The molecule has 2 aromatic carbocycles. The fourth-order valence-corrected chi connectivity index (χ4v) is 9.53. The maximum Gasteiger partial charge on any atom is 0.322 e. The molecule has 0 radical (unpaired) electrons. The number of fused-ring (bicyclic) bond motifs is 1. The van der Waals surface area contributed by atoms with Crippen molar-refractivity contribution in [3.63, 3.8) is 0 Å². The number of anilines is 4. The second-order valence-corrected chi connectivity index (χ2v) is 15.0. The van der Waals surface area contributed by atoms with Crippen LogP contribution >= 0.6 is 0 Å². The molecule has 2 unspecified atom stereocenters. The fraction of sp³-hybridized carbons (Fsp3) is 0.548. The maximum atomic E-state index is 13.7. The molecule has 11 heteroatoms. The van der Waals surface area contributed by atoms with Gasteiger partial charge in [-0.15, -0.1) is 0 Å². The standard InChI is InChI=1S/C31H39N5O5S/c1-42(40,41)34-12-10-33(11-13-34)24-6-8-25(9-7-24)35-14-15-36(27-5-3-2-4-26(27)35)30(39)32-28-22-16-21-17-23(28)20-31(18-21,19-22)29(37)38/h2-9,21-23,28H,10-20H2,1H3,(H,32,39)(H,37,38)/t21?,22-,23?,28-,31-/m0/s1. The van der Waals surface area contributed by atoms with E-state index in [0.717, 1.165) is 42.0 Å². The van der Waals surface area contributed by atoms with E-state index in [2.05, 4.69) is 39.4 Å². The van der Waals surface area contributed by atoms with E-state index in [0.29, 0.717) is 58.0 Å². The quantitative estimate of drug-likeness (QED) is 0.543. The molecule has 0 aromatic heterocycles. The van der Waals surface area contributed by atoms with Crippen LogP contribution in [0, 0.1) is 23.2 Å². The van der Waals surface area contributed by atoms with Gasteiger partial charge >= 0.3 is 12.0 Å². The van der Waals surface area contributed by atoms with Gasteiger partial charge in [-0.25, -0.2) is 13.2 Å². The number of carboxylic acid groups (broad SMARTS) is 1. The lowest BCUT2D eigenvalue weighted by Crippen LogP contribution is -2.62. The second kappa shape index (κ2) is 10.2. The Morgan fingerprint density at radius 3 is 2.07 bits per heavy atom. The first-order valence-corrected chi connectivity index (χ1v) is 16.9. The average molecular weight is 594 g/mol. The Hall–Kier alpha value is -3.31. The number of carboxylic acids is 1. The smallest absolute Gasteiger partial charge is 0.322 e. The third-order valence-electron chi connectivity index (χ3n) is 10.5. The first-order chi connectivity index (χ1) is 20.1. The van der Waals surface area contributed by atoms with Crippen LogP contribution in [0.2, 0.25) is 0 Å². The highest BCUT2D eigenvalue weighted by Crippen LogP contribution is 2.60. The number of para-hydroxylation sites is 2. The molecule has 8 rings (SSSR count). The highest BCUT2D eigenvalue weighted by atomic mass is 32.2. The summed E-state index contributed by atoms with van der Waals surface area (Å²) < 4.78 is 25.3. The molecule has 2 aliphatic heterocycles. The number of carbonyl (C=O) groups is 2. The zero-order valence-electron chi connectivity index (χ0n) is 24.0. The van der Waals surface area contributed by atoms with Crippen molar-refractivity contribution in [3.8, 4) is 0 Å². The van der Waals surface area contributed by atoms with Crippen LogP contribution in [0.3, 0.4) is 0 Å². The molecule has 2 N–H and O–H groups in total. The number of sulfonamides is 1. The van der Waals surface area contributed by atoms with E-state index in [1.807, 2.05) is 29.2 Å². The molecular weight excluding hydrogens is 554 g/mol. The third kappa shape index (κ3) is 4.70. The van der Waals surface area contributed by atoms with E-state index in [9.17, 15) is 23.1 Å². The van der Waals surface area contributed by atoms with Crippen LogP contribution in [0.15, 0.2) is 48.5 Å². The Bertz CT molecular complexity index is 1470. The molecule has 1 saturated heterocycles. The van der Waals surface area contributed by atoms with Crippen LogP contribution < -0.4 is 20.0 Å². The van der Waals surface area contributed by atoms with Crippen LogP contribution in [-0.2, 0) is 14.8 Å². The summed E-state index contributed by atoms with van der Waals surface area (Å²) in [6, 6.07) is 16.3. The van der Waals surface area contributed by atoms with Gasteiger partial charge in [0.2, 0.25) is 10.0 Å². The van der Waals surface area contributed by atoms with Crippen molar-refractivity contribution < 1.29 is 23.1 Å². The van der Waals surface area contributed by atoms with Crippen molar-refractivity contribution in [2.45, 2.75) is 38.1 Å². The molecule has 4 saturated carbocycles. The molecule has 5 atom stereocenters. The minimum absolute atomic E-state index is 0.0403. The van der Waals surface area contributed by atoms with E-state index in [4.69, 9.17) is 0 Å². The van der Waals surface area contributed by atoms with Gasteiger partial charge in [0.15, 0.2) is 0 Å². The van der Waals surface area contributed by atoms with E-state index >= 15 is 0 Å². The third-order valence-corrected chi connectivity index (χ3v) is 11.8. The van der Waals surface area contributed by atoms with Gasteiger partial charge in [-0.3, -0.25) is 9.69 Å². The Balaban J connectivity index is 1.05. The van der Waals surface area contributed by atoms with Crippen LogP contribution in [0.5, 0.6) is 0 Å². The minimum Gasteiger partial charge on any atom is -0.481 e. The molecule has 2 heterocycles. The SMILES string of the molecule is CS(=O)(=O)N1CCN(c2ccc(N3CCN(C(=O)N[C@@H]4C5CC6C[C@H]4C[C@@](C(=O)O)(C6)C5)c4ccccc43)cc2)CC1. The van der Waals surface area contributed by atoms with Crippen LogP contribution in [0.4, 0.5) is 27.5 Å². The van der Waals surface area contributed by atoms with E-state index < -0.39 is 21.4 Å². The van der Waals surface area contributed by atoms with Crippen molar-refractivity contribution in [2.24, 2.45) is 23.2 Å². The summed E-state index contributed by atoms with van der Waals surface area (Å²) in [5.41, 5.74) is 3.37. The molecule has 42 heavy (non-hydrogen) atoms. The molecule has 2 aromatic rings. The van der Waals surface area contributed by atoms with Gasteiger partial charge in [0, 0.05) is 56.7 Å². The average Bonchev–Trinajstić information content (AvgIpc) is 2.97. The zero-order chi connectivity index (χ0) is 29.2. The number of nitrogens with one attached hydrogen (secondary N) is 1. The highest BCUT2D eigenvalue weighted by Gasteiger charge is 2.59. The van der Waals surface area contributed by atoms with Crippen molar-refractivity contribution in [2.75, 3.05) is 60.2 Å². The molecule has 5 fully saturated rings. The lowest BCUT2D eigenvalue weighted by Gasteiger charge is -2.58. The fourth-order valence-electron chi connectivity index (χ4n) is 8.70. The predicted octanol–water partition coefficient (Wildman–Crippen LogP) is 3.72. The monoisotopic (exact) mass is 593 g/mol. The molecule has 0 spiro atoms. The summed E-state index contributed by atoms with van der Waals surface area (Å²) in [6.45, 7) is 3.48. The first-order valence-electron chi connectivity index (χ1n) is 15.1. The number of hydrogen-bond donors (Lipinski definition) is 2. The number of benzene rings is 2. The van der Waals surface area contributed by atoms with Crippen molar-refractivity contribution in [1.82, 2.24) is 9.62 Å². The van der Waals surface area contributed by atoms with Gasteiger partial charge in [-0.05, 0) is 86.3 Å². The second-order valence-electron chi connectivity index (χ2n) is 13.0. The number of rotatable bonds is 5. The number of amides is 2. The van der Waals surface area contributed by atoms with E-state index in [1.54, 1.807) is 0 Å². The zero-order valence-corrected chi connectivity index (χ0v) is 24.8. The minimum atomic E-state index is -3.16. The number of nitrogens with zero attached hydrogens (tertiary/aromatic N) is 4. The van der Waals surface area contributed by atoms with Crippen molar-refractivity contribution >= 4 is 44.8 Å². The maximum absolute atomic E-state index is 13.7. The molecule has 224 valence electrons. The van der Waals surface area contributed by atoms with Crippen LogP contribution in [-0.4, -0.2) is 81.4 Å². The van der Waals surface area contributed by atoms with E-state index in [-0.39, 0.29) is 23.9 Å².